The van der Waals surface area contributed by atoms with Crippen LogP contribution in [-0.4, -0.2) is 79.6 Å². The monoisotopic (exact) mass is 616 g/mol. The van der Waals surface area contributed by atoms with E-state index in [0.717, 1.165) is 12.0 Å². The summed E-state index contributed by atoms with van der Waals surface area (Å²) in [6.45, 7) is 10.2. The van der Waals surface area contributed by atoms with Crippen molar-refractivity contribution in [2.75, 3.05) is 26.7 Å². The van der Waals surface area contributed by atoms with Crippen molar-refractivity contribution in [1.29, 1.82) is 0 Å². The zero-order valence-electron chi connectivity index (χ0n) is 26.2. The summed E-state index contributed by atoms with van der Waals surface area (Å²) in [6.07, 6.45) is 0.476. The van der Waals surface area contributed by atoms with Crippen molar-refractivity contribution in [1.82, 2.24) is 20.1 Å². The molecule has 2 amide bonds. The molecule has 0 spiro atoms. The summed E-state index contributed by atoms with van der Waals surface area (Å²) in [6, 6.07) is 14.1. The molecule has 238 valence electrons. The van der Waals surface area contributed by atoms with E-state index in [1.807, 2.05) is 65.0 Å². The van der Waals surface area contributed by atoms with E-state index in [1.54, 1.807) is 12.1 Å². The van der Waals surface area contributed by atoms with Crippen LogP contribution in [0.1, 0.15) is 59.4 Å². The second-order valence-electron chi connectivity index (χ2n) is 12.8. The molecule has 1 aliphatic heterocycles. The minimum Gasteiger partial charge on any atom is -0.497 e. The smallest absolute Gasteiger partial charge is 0.255 e. The number of amides is 2. The van der Waals surface area contributed by atoms with Crippen LogP contribution in [0.25, 0.3) is 0 Å². The molecule has 0 aliphatic carbocycles. The van der Waals surface area contributed by atoms with Gasteiger partial charge < -0.3 is 15.2 Å². The van der Waals surface area contributed by atoms with Gasteiger partial charge in [0.1, 0.15) is 5.75 Å². The number of rotatable bonds is 13. The molecular formula is C32H48N4O6S. The maximum atomic E-state index is 13.8. The summed E-state index contributed by atoms with van der Waals surface area (Å²) in [4.78, 5) is 27.2. The molecule has 43 heavy (non-hydrogen) atoms. The van der Waals surface area contributed by atoms with Gasteiger partial charge in [0.2, 0.25) is 15.9 Å². The van der Waals surface area contributed by atoms with Crippen LogP contribution >= 0.6 is 0 Å². The van der Waals surface area contributed by atoms with Gasteiger partial charge in [-0.2, -0.15) is 4.31 Å². The van der Waals surface area contributed by atoms with Crippen molar-refractivity contribution < 1.29 is 27.9 Å². The lowest BCUT2D eigenvalue weighted by molar-refractivity contribution is -0.150. The zero-order valence-corrected chi connectivity index (χ0v) is 27.1. The summed E-state index contributed by atoms with van der Waals surface area (Å²) < 4.78 is 34.1. The molecule has 3 rings (SSSR count). The van der Waals surface area contributed by atoms with Gasteiger partial charge in [0.15, 0.2) is 0 Å². The fraction of sp³-hybridized carbons (Fsp3) is 0.562. The second kappa shape index (κ2) is 15.1. The van der Waals surface area contributed by atoms with Crippen LogP contribution in [0.4, 0.5) is 0 Å². The number of benzene rings is 2. The van der Waals surface area contributed by atoms with Crippen LogP contribution in [0.2, 0.25) is 0 Å². The van der Waals surface area contributed by atoms with Gasteiger partial charge in [-0.05, 0) is 67.0 Å². The highest BCUT2D eigenvalue weighted by Crippen LogP contribution is 2.25. The molecule has 2 unspecified atom stereocenters. The van der Waals surface area contributed by atoms with Crippen LogP contribution in [0, 0.1) is 11.3 Å². The van der Waals surface area contributed by atoms with E-state index in [1.165, 1.54) is 28.6 Å². The maximum absolute atomic E-state index is 13.8. The minimum atomic E-state index is -4.02. The number of hydrazine groups is 1. The fourth-order valence-electron chi connectivity index (χ4n) is 5.13. The van der Waals surface area contributed by atoms with E-state index in [9.17, 15) is 23.1 Å². The predicted molar refractivity (Wildman–Crippen MR) is 167 cm³/mol. The largest absolute Gasteiger partial charge is 0.497 e. The summed E-state index contributed by atoms with van der Waals surface area (Å²) >= 11 is 0. The molecule has 0 saturated carbocycles. The first-order valence-corrected chi connectivity index (χ1v) is 16.4. The van der Waals surface area contributed by atoms with Crippen LogP contribution in [0.3, 0.4) is 0 Å². The SMILES string of the molecule is COc1ccc(S(=O)(=O)N(CC(C)C)C[C@@H](O)C(Cc2ccccc2)N(NC(=O)C2CCCN2)C(=O)CC(C)(C)C)cc1. The molecule has 0 aromatic heterocycles. The number of ether oxygens (including phenoxy) is 1. The minimum absolute atomic E-state index is 0.0421. The van der Waals surface area contributed by atoms with Gasteiger partial charge >= 0.3 is 0 Å². The van der Waals surface area contributed by atoms with Gasteiger partial charge in [-0.25, -0.2) is 13.4 Å². The summed E-state index contributed by atoms with van der Waals surface area (Å²) in [5, 5.41) is 16.3. The van der Waals surface area contributed by atoms with Crippen LogP contribution in [0.15, 0.2) is 59.5 Å². The van der Waals surface area contributed by atoms with E-state index in [-0.39, 0.29) is 48.6 Å². The Labute approximate surface area is 256 Å². The molecule has 11 heteroatoms. The van der Waals surface area contributed by atoms with Crippen LogP contribution in [-0.2, 0) is 26.0 Å². The Morgan fingerprint density at radius 2 is 1.72 bits per heavy atom. The summed E-state index contributed by atoms with van der Waals surface area (Å²) in [5.41, 5.74) is 3.26. The standard InChI is InChI=1S/C32H48N4O6S/c1-23(2)21-35(43(40,41)26-16-14-25(42-6)15-17-26)22-29(37)28(19-24-11-8-7-9-12-24)36(30(38)20-32(3,4)5)34-31(39)27-13-10-18-33-27/h7-9,11-12,14-17,23,27-29,33,37H,10,13,18-22H2,1-6H3,(H,34,39)/t27?,28?,29-/m1/s1. The number of sulfonamides is 1. The Kier molecular flexibility index (Phi) is 12.1. The van der Waals surface area contributed by atoms with Gasteiger partial charge in [-0.15, -0.1) is 0 Å². The topological polar surface area (TPSA) is 128 Å². The van der Waals surface area contributed by atoms with Crippen molar-refractivity contribution in [2.45, 2.75) is 83.4 Å². The van der Waals surface area contributed by atoms with Gasteiger partial charge in [0, 0.05) is 19.5 Å². The van der Waals surface area contributed by atoms with Crippen molar-refractivity contribution in [3.05, 3.63) is 60.2 Å². The quantitative estimate of drug-likeness (QED) is 0.295. The number of nitrogens with zero attached hydrogens (tertiary/aromatic N) is 2. The Hall–Kier alpha value is -2.99. The number of carbonyl (C=O) groups excluding carboxylic acids is 2. The first-order valence-electron chi connectivity index (χ1n) is 14.9. The molecular weight excluding hydrogens is 568 g/mol. The first kappa shape index (κ1) is 34.5. The Morgan fingerprint density at radius 1 is 1.07 bits per heavy atom. The van der Waals surface area contributed by atoms with Gasteiger partial charge in [0.05, 0.1) is 30.2 Å². The molecule has 1 saturated heterocycles. The average molecular weight is 617 g/mol. The Morgan fingerprint density at radius 3 is 2.26 bits per heavy atom. The lowest BCUT2D eigenvalue weighted by Crippen LogP contribution is -2.61. The number of aliphatic hydroxyl groups is 1. The molecule has 3 atom stereocenters. The van der Waals surface area contributed by atoms with Gasteiger partial charge in [-0.1, -0.05) is 65.0 Å². The Bertz CT molecular complexity index is 1290. The van der Waals surface area contributed by atoms with E-state index < -0.39 is 33.6 Å². The lowest BCUT2D eigenvalue weighted by atomic mass is 9.91. The summed E-state index contributed by atoms with van der Waals surface area (Å²) in [7, 11) is -2.51. The molecule has 1 aliphatic rings. The molecule has 3 N–H and O–H groups in total. The highest BCUT2D eigenvalue weighted by molar-refractivity contribution is 7.89. The number of nitrogens with one attached hydrogen (secondary N) is 2. The molecule has 0 bridgehead atoms. The highest BCUT2D eigenvalue weighted by atomic mass is 32.2. The molecule has 0 radical (unpaired) electrons. The number of methoxy groups -OCH3 is 1. The summed E-state index contributed by atoms with van der Waals surface area (Å²) in [5.74, 6) is -0.223. The molecule has 2 aromatic rings. The van der Waals surface area contributed by atoms with Crippen molar-refractivity contribution in [2.24, 2.45) is 11.3 Å². The van der Waals surface area contributed by atoms with E-state index in [2.05, 4.69) is 10.7 Å². The second-order valence-corrected chi connectivity index (χ2v) is 14.8. The van der Waals surface area contributed by atoms with E-state index in [4.69, 9.17) is 4.74 Å². The maximum Gasteiger partial charge on any atom is 0.255 e. The molecule has 10 nitrogen and oxygen atoms in total. The lowest BCUT2D eigenvalue weighted by Gasteiger charge is -2.38. The van der Waals surface area contributed by atoms with E-state index in [0.29, 0.717) is 18.7 Å². The fourth-order valence-corrected chi connectivity index (χ4v) is 6.76. The average Bonchev–Trinajstić information content (AvgIpc) is 3.49. The molecule has 2 aromatic carbocycles. The van der Waals surface area contributed by atoms with Crippen molar-refractivity contribution in [3.63, 3.8) is 0 Å². The van der Waals surface area contributed by atoms with Crippen LogP contribution in [0.5, 0.6) is 5.75 Å². The van der Waals surface area contributed by atoms with Crippen LogP contribution < -0.4 is 15.5 Å². The molecule has 1 fully saturated rings. The third-order valence-electron chi connectivity index (χ3n) is 7.28. The van der Waals surface area contributed by atoms with Gasteiger partial charge in [0.25, 0.3) is 5.91 Å². The van der Waals surface area contributed by atoms with Gasteiger partial charge in [-0.3, -0.25) is 15.0 Å². The normalized spacial score (nSPS) is 17.1. The number of hydrogen-bond acceptors (Lipinski definition) is 7. The first-order chi connectivity index (χ1) is 20.2. The van der Waals surface area contributed by atoms with Crippen molar-refractivity contribution in [3.8, 4) is 5.75 Å². The molecule has 1 heterocycles. The third-order valence-corrected chi connectivity index (χ3v) is 9.12. The van der Waals surface area contributed by atoms with Crippen molar-refractivity contribution >= 4 is 21.8 Å². The predicted octanol–water partition coefficient (Wildman–Crippen LogP) is 3.36. The zero-order chi connectivity index (χ0) is 31.8. The highest BCUT2D eigenvalue weighted by Gasteiger charge is 2.38. The van der Waals surface area contributed by atoms with E-state index >= 15 is 0 Å². The number of aliphatic hydroxyl groups excluding tert-OH is 1. The third kappa shape index (κ3) is 10.0. The number of hydrogen-bond donors (Lipinski definition) is 3. The Balaban J connectivity index is 2.01. The number of carbonyl (C=O) groups is 2.